The fraction of sp³-hybridized carbons (Fsp3) is 0.750. The van der Waals surface area contributed by atoms with Crippen LogP contribution in [-0.2, 0) is 17.7 Å². The molecule has 0 aromatic carbocycles. The van der Waals surface area contributed by atoms with Crippen LogP contribution in [0.2, 0.25) is 0 Å². The molecule has 0 spiro atoms. The zero-order valence-electron chi connectivity index (χ0n) is 14.7. The summed E-state index contributed by atoms with van der Waals surface area (Å²) in [6, 6.07) is 0. The van der Waals surface area contributed by atoms with Crippen LogP contribution in [0.4, 0.5) is 0 Å². The molecule has 0 fully saturated rings. The highest BCUT2D eigenvalue weighted by atomic mass is 127. The van der Waals surface area contributed by atoms with Gasteiger partial charge in [0.25, 0.3) is 0 Å². The van der Waals surface area contributed by atoms with E-state index < -0.39 is 0 Å². The van der Waals surface area contributed by atoms with Gasteiger partial charge in [-0.25, -0.2) is 9.98 Å². The normalized spacial score (nSPS) is 11.4. The minimum absolute atomic E-state index is 0. The van der Waals surface area contributed by atoms with Gasteiger partial charge in [0, 0.05) is 25.1 Å². The van der Waals surface area contributed by atoms with Crippen LogP contribution in [0.15, 0.2) is 10.4 Å². The lowest BCUT2D eigenvalue weighted by molar-refractivity contribution is 0.128. The van der Waals surface area contributed by atoms with Crippen molar-refractivity contribution in [3.05, 3.63) is 16.1 Å². The smallest absolute Gasteiger partial charge is 0.191 e. The number of thiazole rings is 1. The number of aryl methyl sites for hydroxylation is 1. The summed E-state index contributed by atoms with van der Waals surface area (Å²) in [5, 5.41) is 9.78. The minimum Gasteiger partial charge on any atom is -0.380 e. The molecule has 1 heterocycles. The first-order chi connectivity index (χ1) is 10.7. The molecule has 0 bridgehead atoms. The Labute approximate surface area is 161 Å². The summed E-state index contributed by atoms with van der Waals surface area (Å²) in [5.74, 6) is 1.51. The van der Waals surface area contributed by atoms with E-state index in [1.54, 1.807) is 11.3 Å². The molecule has 0 amide bonds. The number of aromatic nitrogens is 1. The highest BCUT2D eigenvalue weighted by Crippen LogP contribution is 2.10. The number of halogens is 1. The molecule has 1 aromatic rings. The number of hydrogen-bond donors (Lipinski definition) is 2. The van der Waals surface area contributed by atoms with E-state index in [0.717, 1.165) is 44.2 Å². The quantitative estimate of drug-likeness (QED) is 0.246. The van der Waals surface area contributed by atoms with E-state index >= 15 is 0 Å². The van der Waals surface area contributed by atoms with E-state index in [2.05, 4.69) is 53.7 Å². The predicted octanol–water partition coefficient (Wildman–Crippen LogP) is 3.44. The van der Waals surface area contributed by atoms with E-state index in [1.807, 2.05) is 0 Å². The predicted molar refractivity (Wildman–Crippen MR) is 110 cm³/mol. The monoisotopic (exact) mass is 454 g/mol. The summed E-state index contributed by atoms with van der Waals surface area (Å²) < 4.78 is 5.60. The number of ether oxygens (including phenoxy) is 1. The molecule has 7 heteroatoms. The van der Waals surface area contributed by atoms with Crippen molar-refractivity contribution in [3.63, 3.8) is 0 Å². The van der Waals surface area contributed by atoms with Crippen LogP contribution in [0.1, 0.15) is 44.8 Å². The Balaban J connectivity index is 0.00000484. The SMILES string of the molecule is CCNC(=NCc1csc(CC)n1)NCCOCCC(C)C.I. The van der Waals surface area contributed by atoms with Gasteiger partial charge in [-0.05, 0) is 25.7 Å². The first-order valence-electron chi connectivity index (χ1n) is 8.18. The number of nitrogens with zero attached hydrogens (tertiary/aromatic N) is 2. The molecular weight excluding hydrogens is 423 g/mol. The molecule has 0 aliphatic carbocycles. The maximum Gasteiger partial charge on any atom is 0.191 e. The molecule has 0 aliphatic heterocycles. The lowest BCUT2D eigenvalue weighted by Crippen LogP contribution is -2.39. The topological polar surface area (TPSA) is 58.5 Å². The van der Waals surface area contributed by atoms with Crippen molar-refractivity contribution in [2.45, 2.75) is 47.1 Å². The van der Waals surface area contributed by atoms with Crippen LogP contribution < -0.4 is 10.6 Å². The van der Waals surface area contributed by atoms with Gasteiger partial charge < -0.3 is 15.4 Å². The van der Waals surface area contributed by atoms with Crippen LogP contribution in [0.25, 0.3) is 0 Å². The maximum absolute atomic E-state index is 5.60. The van der Waals surface area contributed by atoms with Gasteiger partial charge in [-0.3, -0.25) is 0 Å². The van der Waals surface area contributed by atoms with E-state index in [-0.39, 0.29) is 24.0 Å². The summed E-state index contributed by atoms with van der Waals surface area (Å²) in [4.78, 5) is 9.09. The first-order valence-corrected chi connectivity index (χ1v) is 9.06. The molecule has 134 valence electrons. The molecule has 1 rings (SSSR count). The summed E-state index contributed by atoms with van der Waals surface area (Å²) in [7, 11) is 0. The molecule has 0 unspecified atom stereocenters. The highest BCUT2D eigenvalue weighted by molar-refractivity contribution is 14.0. The van der Waals surface area contributed by atoms with Crippen molar-refractivity contribution in [1.29, 1.82) is 0 Å². The summed E-state index contributed by atoms with van der Waals surface area (Å²) in [6.07, 6.45) is 2.10. The Bertz CT molecular complexity index is 437. The maximum atomic E-state index is 5.60. The zero-order valence-corrected chi connectivity index (χ0v) is 17.9. The molecule has 0 saturated heterocycles. The molecule has 1 aromatic heterocycles. The van der Waals surface area contributed by atoms with Crippen LogP contribution in [-0.4, -0.2) is 37.2 Å². The van der Waals surface area contributed by atoms with Crippen LogP contribution in [0, 0.1) is 5.92 Å². The first kappa shape index (κ1) is 22.6. The van der Waals surface area contributed by atoms with E-state index in [9.17, 15) is 0 Å². The lowest BCUT2D eigenvalue weighted by Gasteiger charge is -2.11. The largest absolute Gasteiger partial charge is 0.380 e. The van der Waals surface area contributed by atoms with Gasteiger partial charge in [0.05, 0.1) is 23.9 Å². The Hall–Kier alpha value is -0.410. The average Bonchev–Trinajstić information content (AvgIpc) is 2.96. The molecule has 2 N–H and O–H groups in total. The molecule has 0 atom stereocenters. The van der Waals surface area contributed by atoms with E-state index in [0.29, 0.717) is 19.1 Å². The van der Waals surface area contributed by atoms with Crippen LogP contribution in [0.3, 0.4) is 0 Å². The van der Waals surface area contributed by atoms with Gasteiger partial charge in [-0.15, -0.1) is 35.3 Å². The van der Waals surface area contributed by atoms with Gasteiger partial charge in [-0.1, -0.05) is 20.8 Å². The highest BCUT2D eigenvalue weighted by Gasteiger charge is 2.01. The molecule has 23 heavy (non-hydrogen) atoms. The molecule has 0 radical (unpaired) electrons. The van der Waals surface area contributed by atoms with Gasteiger partial charge in [-0.2, -0.15) is 0 Å². The third-order valence-corrected chi connectivity index (χ3v) is 4.07. The second-order valence-corrected chi connectivity index (χ2v) is 6.45. The van der Waals surface area contributed by atoms with Crippen molar-refractivity contribution < 1.29 is 4.74 Å². The minimum atomic E-state index is 0. The van der Waals surface area contributed by atoms with Crippen molar-refractivity contribution in [2.24, 2.45) is 10.9 Å². The van der Waals surface area contributed by atoms with Gasteiger partial charge in [0.2, 0.25) is 0 Å². The molecular formula is C16H31IN4OS. The Morgan fingerprint density at radius 2 is 2.09 bits per heavy atom. The summed E-state index contributed by atoms with van der Waals surface area (Å²) in [5.41, 5.74) is 1.03. The number of nitrogens with one attached hydrogen (secondary N) is 2. The van der Waals surface area contributed by atoms with Gasteiger partial charge in [0.15, 0.2) is 5.96 Å². The summed E-state index contributed by atoms with van der Waals surface area (Å²) in [6.45, 7) is 12.4. The van der Waals surface area contributed by atoms with Crippen LogP contribution in [0.5, 0.6) is 0 Å². The van der Waals surface area contributed by atoms with Gasteiger partial charge in [0.1, 0.15) is 0 Å². The van der Waals surface area contributed by atoms with Crippen LogP contribution >= 0.6 is 35.3 Å². The van der Waals surface area contributed by atoms with Gasteiger partial charge >= 0.3 is 0 Å². The Kier molecular flexibility index (Phi) is 13.7. The van der Waals surface area contributed by atoms with Crippen molar-refractivity contribution in [3.8, 4) is 0 Å². The molecule has 5 nitrogen and oxygen atoms in total. The van der Waals surface area contributed by atoms with E-state index in [1.165, 1.54) is 5.01 Å². The summed E-state index contributed by atoms with van der Waals surface area (Å²) >= 11 is 1.70. The third kappa shape index (κ3) is 10.9. The number of rotatable bonds is 10. The average molecular weight is 454 g/mol. The lowest BCUT2D eigenvalue weighted by atomic mass is 10.1. The third-order valence-electron chi connectivity index (χ3n) is 3.02. The Morgan fingerprint density at radius 1 is 1.30 bits per heavy atom. The second kappa shape index (κ2) is 14.0. The van der Waals surface area contributed by atoms with E-state index in [4.69, 9.17) is 4.74 Å². The molecule has 0 saturated carbocycles. The number of aliphatic imine (C=N–C) groups is 1. The molecule has 0 aliphatic rings. The standard InChI is InChI=1S/C16H30N4OS.HI/c1-5-15-20-14(12-22-15)11-19-16(17-6-2)18-8-10-21-9-7-13(3)4;/h12-13H,5-11H2,1-4H3,(H2,17,18,19);1H. The number of guanidine groups is 1. The fourth-order valence-electron chi connectivity index (χ4n) is 1.75. The fourth-order valence-corrected chi connectivity index (χ4v) is 2.48. The van der Waals surface area contributed by atoms with Crippen molar-refractivity contribution in [1.82, 2.24) is 15.6 Å². The van der Waals surface area contributed by atoms with Crippen molar-refractivity contribution in [2.75, 3.05) is 26.3 Å². The Morgan fingerprint density at radius 3 is 2.70 bits per heavy atom. The second-order valence-electron chi connectivity index (χ2n) is 5.50. The number of hydrogen-bond acceptors (Lipinski definition) is 4. The van der Waals surface area contributed by atoms with Crippen molar-refractivity contribution >= 4 is 41.3 Å². The zero-order chi connectivity index (χ0) is 16.2.